The second kappa shape index (κ2) is 3.43. The molecule has 0 radical (unpaired) electrons. The lowest BCUT2D eigenvalue weighted by molar-refractivity contribution is 0.435. The summed E-state index contributed by atoms with van der Waals surface area (Å²) < 4.78 is 4.89. The van der Waals surface area contributed by atoms with E-state index < -0.39 is 0 Å². The summed E-state index contributed by atoms with van der Waals surface area (Å²) in [6, 6.07) is 1.50. The van der Waals surface area contributed by atoms with Crippen LogP contribution in [-0.4, -0.2) is 15.1 Å². The number of halogens is 2. The molecule has 2 N–H and O–H groups in total. The van der Waals surface area contributed by atoms with E-state index in [1.54, 1.807) is 0 Å². The monoisotopic (exact) mass is 230 g/mol. The first-order valence-corrected chi connectivity index (χ1v) is 4.32. The van der Waals surface area contributed by atoms with Gasteiger partial charge in [0.2, 0.25) is 0 Å². The highest BCUT2D eigenvalue weighted by Gasteiger charge is 2.14. The van der Waals surface area contributed by atoms with Gasteiger partial charge in [0.15, 0.2) is 11.6 Å². The van der Waals surface area contributed by atoms with Crippen LogP contribution in [0.25, 0.3) is 11.3 Å². The maximum Gasteiger partial charge on any atom is 0.175 e. The molecule has 0 unspecified atom stereocenters. The Morgan fingerprint density at radius 2 is 1.86 bits per heavy atom. The van der Waals surface area contributed by atoms with E-state index in [4.69, 9.17) is 33.5 Å². The molecule has 0 aliphatic carbocycles. The Morgan fingerprint density at radius 3 is 2.36 bits per heavy atom. The molecule has 5 nitrogen and oxygen atoms in total. The van der Waals surface area contributed by atoms with Crippen molar-refractivity contribution in [2.45, 2.75) is 0 Å². The van der Waals surface area contributed by atoms with E-state index >= 15 is 0 Å². The molecule has 0 aliphatic rings. The third-order valence-corrected chi connectivity index (χ3v) is 2.10. The van der Waals surface area contributed by atoms with Gasteiger partial charge in [-0.15, -0.1) is 0 Å². The van der Waals surface area contributed by atoms with Gasteiger partial charge in [-0.1, -0.05) is 28.4 Å². The smallest absolute Gasteiger partial charge is 0.175 e. The fourth-order valence-electron chi connectivity index (χ4n) is 0.954. The predicted octanol–water partition coefficient (Wildman–Crippen LogP) is 2.02. The van der Waals surface area contributed by atoms with Crippen LogP contribution in [0.15, 0.2) is 16.9 Å². The molecule has 14 heavy (non-hydrogen) atoms. The van der Waals surface area contributed by atoms with E-state index in [1.807, 2.05) is 0 Å². The highest BCUT2D eigenvalue weighted by atomic mass is 35.5. The summed E-state index contributed by atoms with van der Waals surface area (Å²) >= 11 is 11.6. The largest absolute Gasteiger partial charge is 0.381 e. The summed E-state index contributed by atoms with van der Waals surface area (Å²) in [4.78, 5) is 7.53. The van der Waals surface area contributed by atoms with Crippen LogP contribution in [0, 0.1) is 0 Å². The highest BCUT2D eigenvalue weighted by molar-refractivity contribution is 6.37. The lowest BCUT2D eigenvalue weighted by atomic mass is 10.2. The van der Waals surface area contributed by atoms with Crippen molar-refractivity contribution in [1.29, 1.82) is 0 Å². The number of rotatable bonds is 1. The Kier molecular flexibility index (Phi) is 2.26. The molecule has 0 amide bonds. The number of anilines is 1. The van der Waals surface area contributed by atoms with Gasteiger partial charge in [0.25, 0.3) is 0 Å². The first kappa shape index (κ1) is 9.23. The SMILES string of the molecule is Nc1cc(-c2c(Cl)ncnc2Cl)on1. The summed E-state index contributed by atoms with van der Waals surface area (Å²) in [6.45, 7) is 0. The Hall–Kier alpha value is -1.33. The summed E-state index contributed by atoms with van der Waals surface area (Å²) in [5, 5.41) is 3.90. The Bertz CT molecular complexity index is 450. The quantitative estimate of drug-likeness (QED) is 0.759. The fraction of sp³-hybridized carbons (Fsp3) is 0. The summed E-state index contributed by atoms with van der Waals surface area (Å²) in [5.41, 5.74) is 5.77. The van der Waals surface area contributed by atoms with Crippen LogP contribution in [0.2, 0.25) is 10.3 Å². The molecule has 2 heterocycles. The average Bonchev–Trinajstić information content (AvgIpc) is 2.51. The van der Waals surface area contributed by atoms with Gasteiger partial charge in [0.05, 0.1) is 5.56 Å². The third-order valence-electron chi connectivity index (χ3n) is 1.53. The molecule has 2 aromatic heterocycles. The number of nitrogen functional groups attached to an aromatic ring is 1. The van der Waals surface area contributed by atoms with Crippen LogP contribution >= 0.6 is 23.2 Å². The molecule has 2 rings (SSSR count). The lowest BCUT2D eigenvalue weighted by Gasteiger charge is -1.98. The number of aromatic nitrogens is 3. The van der Waals surface area contributed by atoms with Crippen molar-refractivity contribution in [3.8, 4) is 11.3 Å². The van der Waals surface area contributed by atoms with Crippen LogP contribution in [0.5, 0.6) is 0 Å². The van der Waals surface area contributed by atoms with Gasteiger partial charge in [-0.2, -0.15) is 0 Å². The predicted molar refractivity (Wildman–Crippen MR) is 52.0 cm³/mol. The van der Waals surface area contributed by atoms with E-state index in [0.29, 0.717) is 11.3 Å². The van der Waals surface area contributed by atoms with Crippen molar-refractivity contribution in [3.05, 3.63) is 22.7 Å². The van der Waals surface area contributed by atoms with Gasteiger partial charge in [-0.25, -0.2) is 9.97 Å². The zero-order valence-corrected chi connectivity index (χ0v) is 8.25. The Labute approximate surface area is 88.8 Å². The first-order chi connectivity index (χ1) is 6.68. The van der Waals surface area contributed by atoms with Gasteiger partial charge < -0.3 is 10.3 Å². The zero-order chi connectivity index (χ0) is 10.1. The molecule has 0 spiro atoms. The lowest BCUT2D eigenvalue weighted by Crippen LogP contribution is -1.86. The van der Waals surface area contributed by atoms with E-state index in [1.165, 1.54) is 12.4 Å². The van der Waals surface area contributed by atoms with Crippen LogP contribution in [0.1, 0.15) is 0 Å². The van der Waals surface area contributed by atoms with Crippen molar-refractivity contribution in [2.75, 3.05) is 5.73 Å². The number of nitrogens with two attached hydrogens (primary N) is 1. The molecule has 0 aromatic carbocycles. The molecular formula is C7H4Cl2N4O. The normalized spacial score (nSPS) is 10.4. The molecule has 0 bridgehead atoms. The van der Waals surface area contributed by atoms with E-state index in [-0.39, 0.29) is 16.1 Å². The minimum absolute atomic E-state index is 0.196. The van der Waals surface area contributed by atoms with Crippen molar-refractivity contribution in [3.63, 3.8) is 0 Å². The van der Waals surface area contributed by atoms with Crippen LogP contribution in [-0.2, 0) is 0 Å². The van der Waals surface area contributed by atoms with Gasteiger partial charge in [0, 0.05) is 6.07 Å². The molecule has 2 aromatic rings. The summed E-state index contributed by atoms with van der Waals surface area (Å²) in [6.07, 6.45) is 1.26. The van der Waals surface area contributed by atoms with Crippen molar-refractivity contribution >= 4 is 29.0 Å². The maximum atomic E-state index is 5.81. The average molecular weight is 231 g/mol. The number of hydrogen-bond acceptors (Lipinski definition) is 5. The maximum absolute atomic E-state index is 5.81. The fourth-order valence-corrected chi connectivity index (χ4v) is 1.46. The molecule has 72 valence electrons. The Morgan fingerprint density at radius 1 is 1.21 bits per heavy atom. The van der Waals surface area contributed by atoms with Gasteiger partial charge in [-0.3, -0.25) is 0 Å². The van der Waals surface area contributed by atoms with Crippen LogP contribution in [0.4, 0.5) is 5.82 Å². The molecule has 0 saturated heterocycles. The van der Waals surface area contributed by atoms with E-state index in [0.717, 1.165) is 0 Å². The second-order valence-electron chi connectivity index (χ2n) is 2.45. The van der Waals surface area contributed by atoms with Crippen LogP contribution in [0.3, 0.4) is 0 Å². The molecule has 0 atom stereocenters. The van der Waals surface area contributed by atoms with E-state index in [9.17, 15) is 0 Å². The van der Waals surface area contributed by atoms with Gasteiger partial charge in [0.1, 0.15) is 16.6 Å². The minimum Gasteiger partial charge on any atom is -0.381 e. The van der Waals surface area contributed by atoms with E-state index in [2.05, 4.69) is 15.1 Å². The number of nitrogens with zero attached hydrogens (tertiary/aromatic N) is 3. The number of hydrogen-bond donors (Lipinski definition) is 1. The molecule has 0 aliphatic heterocycles. The van der Waals surface area contributed by atoms with Crippen molar-refractivity contribution < 1.29 is 4.52 Å². The van der Waals surface area contributed by atoms with Crippen molar-refractivity contribution in [2.24, 2.45) is 0 Å². The van der Waals surface area contributed by atoms with Gasteiger partial charge >= 0.3 is 0 Å². The molecule has 0 saturated carbocycles. The summed E-state index contributed by atoms with van der Waals surface area (Å²) in [5.74, 6) is 0.592. The molecule has 0 fully saturated rings. The first-order valence-electron chi connectivity index (χ1n) is 3.57. The molecule has 7 heteroatoms. The standard InChI is InChI=1S/C7H4Cl2N4O/c8-6-5(7(9)12-2-11-6)3-1-4(10)13-14-3/h1-2H,(H2,10,13). The topological polar surface area (TPSA) is 77.8 Å². The molecular weight excluding hydrogens is 227 g/mol. The second-order valence-corrected chi connectivity index (χ2v) is 3.16. The minimum atomic E-state index is 0.196. The van der Waals surface area contributed by atoms with Crippen LogP contribution < -0.4 is 5.73 Å². The zero-order valence-electron chi connectivity index (χ0n) is 6.74. The Balaban J connectivity index is 2.61. The van der Waals surface area contributed by atoms with Gasteiger partial charge in [-0.05, 0) is 0 Å². The third kappa shape index (κ3) is 1.51. The summed E-state index contributed by atoms with van der Waals surface area (Å²) in [7, 11) is 0. The highest BCUT2D eigenvalue weighted by Crippen LogP contribution is 2.32. The van der Waals surface area contributed by atoms with Crippen molar-refractivity contribution in [1.82, 2.24) is 15.1 Å².